The second-order valence-corrected chi connectivity index (χ2v) is 3.55. The Kier molecular flexibility index (Phi) is 4.18. The Balaban J connectivity index is 3.25. The van der Waals surface area contributed by atoms with Gasteiger partial charge in [0.15, 0.2) is 0 Å². The average Bonchev–Trinajstić information content (AvgIpc) is 2.19. The van der Waals surface area contributed by atoms with Crippen LogP contribution >= 0.6 is 11.6 Å². The van der Waals surface area contributed by atoms with Crippen LogP contribution in [0.1, 0.15) is 28.9 Å². The van der Waals surface area contributed by atoms with Crippen molar-refractivity contribution in [3.8, 4) is 0 Å². The Morgan fingerprint density at radius 1 is 1.62 bits per heavy atom. The van der Waals surface area contributed by atoms with Crippen LogP contribution in [0.15, 0.2) is 6.07 Å². The molecule has 0 radical (unpaired) electrons. The summed E-state index contributed by atoms with van der Waals surface area (Å²) in [4.78, 5) is 14.5. The Hall–Kier alpha value is -1.23. The van der Waals surface area contributed by atoms with Gasteiger partial charge in [-0.1, -0.05) is 0 Å². The molecule has 0 fully saturated rings. The van der Waals surface area contributed by atoms with E-state index >= 15 is 0 Å². The maximum atomic E-state index is 12.6. The van der Waals surface area contributed by atoms with Gasteiger partial charge in [0.2, 0.25) is 0 Å². The Morgan fingerprint density at radius 3 is 2.69 bits per heavy atom. The SMILES string of the molecule is Cc1c(C(F)F)cc(CCl)nc1CC(=O)O. The van der Waals surface area contributed by atoms with Crippen LogP contribution in [0.2, 0.25) is 0 Å². The lowest BCUT2D eigenvalue weighted by Gasteiger charge is -2.10. The molecule has 0 aliphatic rings. The first-order chi connectivity index (χ1) is 7.45. The number of hydrogen-bond acceptors (Lipinski definition) is 2. The molecule has 88 valence electrons. The number of nitrogens with zero attached hydrogens (tertiary/aromatic N) is 1. The Labute approximate surface area is 96.1 Å². The number of hydrogen-bond donors (Lipinski definition) is 1. The molecular weight excluding hydrogens is 240 g/mol. The average molecular weight is 250 g/mol. The van der Waals surface area contributed by atoms with E-state index in [4.69, 9.17) is 16.7 Å². The molecule has 0 aliphatic heterocycles. The van der Waals surface area contributed by atoms with Gasteiger partial charge < -0.3 is 5.11 Å². The molecule has 0 aliphatic carbocycles. The van der Waals surface area contributed by atoms with Crippen molar-refractivity contribution in [3.05, 3.63) is 28.6 Å². The summed E-state index contributed by atoms with van der Waals surface area (Å²) in [6, 6.07) is 1.21. The quantitative estimate of drug-likeness (QED) is 0.835. The number of carboxylic acids is 1. The molecule has 3 nitrogen and oxygen atoms in total. The highest BCUT2D eigenvalue weighted by molar-refractivity contribution is 6.16. The molecule has 1 aromatic rings. The molecule has 0 unspecified atom stereocenters. The number of halogens is 3. The number of aromatic nitrogens is 1. The topological polar surface area (TPSA) is 50.2 Å². The van der Waals surface area contributed by atoms with Crippen LogP contribution in [0.4, 0.5) is 8.78 Å². The molecular formula is C10H10ClF2NO2. The molecule has 0 atom stereocenters. The zero-order valence-corrected chi connectivity index (χ0v) is 9.26. The lowest BCUT2D eigenvalue weighted by atomic mass is 10.0. The summed E-state index contributed by atoms with van der Waals surface area (Å²) in [5, 5.41) is 8.62. The van der Waals surface area contributed by atoms with Crippen LogP contribution in [-0.2, 0) is 17.1 Å². The summed E-state index contributed by atoms with van der Waals surface area (Å²) in [6.07, 6.45) is -3.03. The predicted molar refractivity (Wildman–Crippen MR) is 54.8 cm³/mol. The smallest absolute Gasteiger partial charge is 0.309 e. The Morgan fingerprint density at radius 2 is 2.25 bits per heavy atom. The minimum Gasteiger partial charge on any atom is -0.481 e. The number of aliphatic carboxylic acids is 1. The van der Waals surface area contributed by atoms with Gasteiger partial charge >= 0.3 is 5.97 Å². The highest BCUT2D eigenvalue weighted by atomic mass is 35.5. The van der Waals surface area contributed by atoms with E-state index in [1.807, 2.05) is 0 Å². The van der Waals surface area contributed by atoms with E-state index in [1.165, 1.54) is 13.0 Å². The molecule has 0 aromatic carbocycles. The second-order valence-electron chi connectivity index (χ2n) is 3.28. The van der Waals surface area contributed by atoms with Crippen LogP contribution in [0.3, 0.4) is 0 Å². The second kappa shape index (κ2) is 5.21. The number of rotatable bonds is 4. The Bertz CT molecular complexity index is 410. The maximum absolute atomic E-state index is 12.6. The highest BCUT2D eigenvalue weighted by Crippen LogP contribution is 2.25. The first kappa shape index (κ1) is 12.8. The van der Waals surface area contributed by atoms with E-state index in [1.54, 1.807) is 0 Å². The molecule has 6 heteroatoms. The van der Waals surface area contributed by atoms with Crippen molar-refractivity contribution in [2.75, 3.05) is 0 Å². The number of alkyl halides is 3. The van der Waals surface area contributed by atoms with Crippen LogP contribution in [0, 0.1) is 6.92 Å². The van der Waals surface area contributed by atoms with Gasteiger partial charge in [-0.05, 0) is 18.6 Å². The fourth-order valence-corrected chi connectivity index (χ4v) is 1.49. The van der Waals surface area contributed by atoms with E-state index in [9.17, 15) is 13.6 Å². The zero-order chi connectivity index (χ0) is 12.3. The van der Waals surface area contributed by atoms with Gasteiger partial charge in [-0.3, -0.25) is 9.78 Å². The van der Waals surface area contributed by atoms with E-state index in [0.717, 1.165) is 0 Å². The van der Waals surface area contributed by atoms with Crippen molar-refractivity contribution in [2.24, 2.45) is 0 Å². The van der Waals surface area contributed by atoms with E-state index in [0.29, 0.717) is 0 Å². The van der Waals surface area contributed by atoms with Crippen molar-refractivity contribution in [1.29, 1.82) is 0 Å². The standard InChI is InChI=1S/C10H10ClF2NO2/c1-5-7(10(12)13)2-6(4-11)14-8(5)3-9(15)16/h2,10H,3-4H2,1H3,(H,15,16). The molecule has 0 spiro atoms. The summed E-state index contributed by atoms with van der Waals surface area (Å²) in [5.41, 5.74) is 0.410. The summed E-state index contributed by atoms with van der Waals surface area (Å²) in [5.74, 6) is -1.13. The fourth-order valence-electron chi connectivity index (χ4n) is 1.35. The predicted octanol–water partition coefficient (Wildman–Crippen LogP) is 2.69. The molecule has 1 rings (SSSR count). The molecule has 1 N–H and O–H groups in total. The molecule has 1 aromatic heterocycles. The van der Waals surface area contributed by atoms with E-state index in [2.05, 4.69) is 4.98 Å². The number of pyridine rings is 1. The first-order valence-electron chi connectivity index (χ1n) is 4.51. The van der Waals surface area contributed by atoms with E-state index in [-0.39, 0.29) is 34.8 Å². The zero-order valence-electron chi connectivity index (χ0n) is 8.51. The van der Waals surface area contributed by atoms with Crippen molar-refractivity contribution in [3.63, 3.8) is 0 Å². The minimum absolute atomic E-state index is 0.0212. The van der Waals surface area contributed by atoms with Crippen molar-refractivity contribution in [1.82, 2.24) is 4.98 Å². The normalized spacial score (nSPS) is 10.8. The van der Waals surface area contributed by atoms with Crippen molar-refractivity contribution < 1.29 is 18.7 Å². The number of carboxylic acid groups (broad SMARTS) is 1. The molecule has 1 heterocycles. The van der Waals surface area contributed by atoms with Gasteiger partial charge in [-0.25, -0.2) is 8.78 Å². The van der Waals surface area contributed by atoms with Gasteiger partial charge in [0.25, 0.3) is 6.43 Å². The van der Waals surface area contributed by atoms with Crippen molar-refractivity contribution >= 4 is 17.6 Å². The lowest BCUT2D eigenvalue weighted by Crippen LogP contribution is -2.08. The minimum atomic E-state index is -2.66. The van der Waals surface area contributed by atoms with Gasteiger partial charge in [0.1, 0.15) is 0 Å². The molecule has 0 saturated carbocycles. The fraction of sp³-hybridized carbons (Fsp3) is 0.400. The largest absolute Gasteiger partial charge is 0.481 e. The third-order valence-corrected chi connectivity index (χ3v) is 2.43. The lowest BCUT2D eigenvalue weighted by molar-refractivity contribution is -0.136. The van der Waals surface area contributed by atoms with Gasteiger partial charge in [0, 0.05) is 5.56 Å². The third-order valence-electron chi connectivity index (χ3n) is 2.16. The number of carbonyl (C=O) groups is 1. The maximum Gasteiger partial charge on any atom is 0.309 e. The van der Waals surface area contributed by atoms with Crippen LogP contribution in [0.5, 0.6) is 0 Å². The summed E-state index contributed by atoms with van der Waals surface area (Å²) in [6.45, 7) is 1.44. The van der Waals surface area contributed by atoms with Crippen LogP contribution < -0.4 is 0 Å². The molecule has 0 amide bonds. The van der Waals surface area contributed by atoms with Gasteiger partial charge in [-0.15, -0.1) is 11.6 Å². The molecule has 16 heavy (non-hydrogen) atoms. The summed E-state index contributed by atoms with van der Waals surface area (Å²) >= 11 is 5.51. The van der Waals surface area contributed by atoms with Crippen LogP contribution in [0.25, 0.3) is 0 Å². The third kappa shape index (κ3) is 2.88. The van der Waals surface area contributed by atoms with E-state index < -0.39 is 12.4 Å². The van der Waals surface area contributed by atoms with Gasteiger partial charge in [0.05, 0.1) is 23.7 Å². The molecule has 0 bridgehead atoms. The summed E-state index contributed by atoms with van der Waals surface area (Å²) < 4.78 is 25.3. The monoisotopic (exact) mass is 249 g/mol. The summed E-state index contributed by atoms with van der Waals surface area (Å²) in [7, 11) is 0. The van der Waals surface area contributed by atoms with Crippen molar-refractivity contribution in [2.45, 2.75) is 25.7 Å². The van der Waals surface area contributed by atoms with Gasteiger partial charge in [-0.2, -0.15) is 0 Å². The first-order valence-corrected chi connectivity index (χ1v) is 5.04. The molecule has 0 saturated heterocycles. The highest BCUT2D eigenvalue weighted by Gasteiger charge is 2.17. The van der Waals surface area contributed by atoms with Crippen LogP contribution in [-0.4, -0.2) is 16.1 Å².